The zero-order chi connectivity index (χ0) is 26.4. The Morgan fingerprint density at radius 3 is 2.15 bits per heavy atom. The number of hydrogen-bond donors (Lipinski definition) is 2. The highest BCUT2D eigenvalue weighted by Crippen LogP contribution is 2.40. The fourth-order valence-corrected chi connectivity index (χ4v) is 6.85. The minimum absolute atomic E-state index is 0.00253. The minimum Gasteiger partial charge on any atom is -0.413 e. The van der Waals surface area contributed by atoms with E-state index in [1.165, 1.54) is 12.1 Å². The van der Waals surface area contributed by atoms with Gasteiger partial charge in [0.2, 0.25) is 15.9 Å². The van der Waals surface area contributed by atoms with E-state index in [9.17, 15) is 18.0 Å². The summed E-state index contributed by atoms with van der Waals surface area (Å²) in [5.74, 6) is -1.26. The van der Waals surface area contributed by atoms with Crippen molar-refractivity contribution in [3.63, 3.8) is 0 Å². The lowest BCUT2D eigenvalue weighted by Gasteiger charge is -2.47. The first kappa shape index (κ1) is 28.7. The maximum absolute atomic E-state index is 13.5. The fourth-order valence-electron chi connectivity index (χ4n) is 3.98. The van der Waals surface area contributed by atoms with Crippen LogP contribution >= 0.6 is 0 Å². The molecule has 0 spiro atoms. The number of ketones is 1. The van der Waals surface area contributed by atoms with Crippen LogP contribution in [0.2, 0.25) is 18.1 Å². The maximum Gasteiger partial charge on any atom is 0.241 e. The molecule has 0 bridgehead atoms. The lowest BCUT2D eigenvalue weighted by Crippen LogP contribution is -2.66. The third-order valence-corrected chi connectivity index (χ3v) is 13.3. The van der Waals surface area contributed by atoms with E-state index in [1.807, 2.05) is 6.92 Å². The highest BCUT2D eigenvalue weighted by molar-refractivity contribution is 7.89. The van der Waals surface area contributed by atoms with Gasteiger partial charge in [-0.05, 0) is 70.4 Å². The van der Waals surface area contributed by atoms with Gasteiger partial charge in [-0.2, -0.15) is 0 Å². The van der Waals surface area contributed by atoms with E-state index in [2.05, 4.69) is 43.9 Å². The summed E-state index contributed by atoms with van der Waals surface area (Å²) >= 11 is 0. The van der Waals surface area contributed by atoms with Crippen molar-refractivity contribution >= 4 is 30.0 Å². The lowest BCUT2D eigenvalue weighted by molar-refractivity contribution is -0.141. The summed E-state index contributed by atoms with van der Waals surface area (Å²) < 4.78 is 34.7. The first-order valence-electron chi connectivity index (χ1n) is 11.8. The van der Waals surface area contributed by atoms with Gasteiger partial charge in [0.1, 0.15) is 0 Å². The number of carbonyl (C=O) groups excluding carboxylic acids is 2. The summed E-state index contributed by atoms with van der Waals surface area (Å²) in [5, 5.41) is 2.89. The predicted molar refractivity (Wildman–Crippen MR) is 138 cm³/mol. The summed E-state index contributed by atoms with van der Waals surface area (Å²) in [7, 11) is -5.88. The van der Waals surface area contributed by atoms with Crippen molar-refractivity contribution in [2.75, 3.05) is 0 Å². The first-order valence-corrected chi connectivity index (χ1v) is 16.2. The second kappa shape index (κ2) is 9.48. The van der Waals surface area contributed by atoms with E-state index in [1.54, 1.807) is 40.7 Å². The second-order valence-corrected chi connectivity index (χ2v) is 18.6. The Kier molecular flexibility index (Phi) is 8.00. The molecule has 1 aliphatic heterocycles. The topological polar surface area (TPSA) is 102 Å². The average molecular weight is 511 g/mol. The standard InChI is InChI=1S/C25H42N2O5SSi/c1-15-12-13-18(33(30,31)27-24(4,5)6)14-19(15)22(28)16(2)21-20(23(29)26-21)17(3)32-34(10,11)25(7,8)9/h12-14,16-17,20-21,27H,1-11H3,(H,26,29)/t16-,17-,20-,21-/m1/s1. The SMILES string of the molecule is Cc1ccc(S(=O)(=O)NC(C)(C)C)cc1C(=O)[C@H](C)[C@H]1NC(=O)[C@@H]1[C@@H](C)O[Si](C)(C)C(C)(C)C. The molecule has 1 aliphatic rings. The van der Waals surface area contributed by atoms with Crippen molar-refractivity contribution in [2.24, 2.45) is 11.8 Å². The van der Waals surface area contributed by atoms with Crippen molar-refractivity contribution in [1.82, 2.24) is 10.0 Å². The first-order chi connectivity index (χ1) is 15.2. The molecular formula is C25H42N2O5SSi. The Bertz CT molecular complexity index is 1050. The van der Waals surface area contributed by atoms with Gasteiger partial charge in [0.25, 0.3) is 0 Å². The minimum atomic E-state index is -3.78. The molecule has 2 rings (SSSR count). The number of Topliss-reactive ketones (excluding diaryl/α,β-unsaturated/α-hetero) is 1. The quantitative estimate of drug-likeness (QED) is 0.306. The number of nitrogens with one attached hydrogen (secondary N) is 2. The van der Waals surface area contributed by atoms with Crippen molar-refractivity contribution in [3.8, 4) is 0 Å². The Labute approximate surface area is 206 Å². The van der Waals surface area contributed by atoms with Gasteiger partial charge in [-0.15, -0.1) is 0 Å². The van der Waals surface area contributed by atoms with E-state index in [0.29, 0.717) is 11.1 Å². The zero-order valence-electron chi connectivity index (χ0n) is 22.5. The molecule has 1 heterocycles. The van der Waals surface area contributed by atoms with Crippen LogP contribution in [0.1, 0.15) is 71.3 Å². The van der Waals surface area contributed by atoms with Crippen molar-refractivity contribution in [3.05, 3.63) is 29.3 Å². The van der Waals surface area contributed by atoms with E-state index < -0.39 is 35.7 Å². The van der Waals surface area contributed by atoms with Crippen molar-refractivity contribution in [1.29, 1.82) is 0 Å². The fraction of sp³-hybridized carbons (Fsp3) is 0.680. The van der Waals surface area contributed by atoms with Crippen LogP contribution in [0, 0.1) is 18.8 Å². The summed E-state index contributed by atoms with van der Waals surface area (Å²) in [6.07, 6.45) is -0.321. The second-order valence-electron chi connectivity index (χ2n) is 12.1. The molecule has 1 saturated heterocycles. The number of benzene rings is 1. The number of aryl methyl sites for hydroxylation is 1. The van der Waals surface area contributed by atoms with E-state index in [-0.39, 0.29) is 33.8 Å². The molecule has 1 aromatic carbocycles. The molecule has 2 N–H and O–H groups in total. The number of β-lactam (4-membered cyclic amide) rings is 1. The predicted octanol–water partition coefficient (Wildman–Crippen LogP) is 4.42. The normalized spacial score (nSPS) is 21.4. The number of hydrogen-bond acceptors (Lipinski definition) is 5. The maximum atomic E-state index is 13.5. The molecule has 192 valence electrons. The van der Waals surface area contributed by atoms with Gasteiger partial charge in [0.05, 0.1) is 23.0 Å². The summed E-state index contributed by atoms with van der Waals surface area (Å²) in [6, 6.07) is 4.23. The van der Waals surface area contributed by atoms with Crippen LogP contribution in [-0.2, 0) is 19.2 Å². The third-order valence-electron chi connectivity index (χ3n) is 6.97. The van der Waals surface area contributed by atoms with Gasteiger partial charge < -0.3 is 9.74 Å². The van der Waals surface area contributed by atoms with Gasteiger partial charge >= 0.3 is 0 Å². The largest absolute Gasteiger partial charge is 0.413 e. The van der Waals surface area contributed by atoms with E-state index >= 15 is 0 Å². The molecular weight excluding hydrogens is 468 g/mol. The van der Waals surface area contributed by atoms with Gasteiger partial charge in [0, 0.05) is 17.0 Å². The molecule has 1 fully saturated rings. The van der Waals surface area contributed by atoms with Gasteiger partial charge in [-0.25, -0.2) is 13.1 Å². The summed E-state index contributed by atoms with van der Waals surface area (Å²) in [5.41, 5.74) is 0.395. The highest BCUT2D eigenvalue weighted by atomic mass is 32.2. The molecule has 0 saturated carbocycles. The molecule has 7 nitrogen and oxygen atoms in total. The number of rotatable bonds is 8. The van der Waals surface area contributed by atoms with Crippen molar-refractivity contribution < 1.29 is 22.4 Å². The molecule has 9 heteroatoms. The molecule has 1 aromatic rings. The Hall–Kier alpha value is -1.55. The zero-order valence-corrected chi connectivity index (χ0v) is 24.3. The highest BCUT2D eigenvalue weighted by Gasteiger charge is 2.50. The lowest BCUT2D eigenvalue weighted by atomic mass is 9.76. The van der Waals surface area contributed by atoms with Gasteiger partial charge in [-0.3, -0.25) is 9.59 Å². The van der Waals surface area contributed by atoms with E-state index in [0.717, 1.165) is 0 Å². The third kappa shape index (κ3) is 6.16. The number of sulfonamides is 1. The molecule has 1 amide bonds. The summed E-state index contributed by atoms with van der Waals surface area (Å²) in [4.78, 5) is 26.0. The number of carbonyl (C=O) groups is 2. The average Bonchev–Trinajstić information content (AvgIpc) is 2.61. The molecule has 4 atom stereocenters. The molecule has 0 unspecified atom stereocenters. The van der Waals surface area contributed by atoms with Crippen LogP contribution in [0.15, 0.2) is 23.1 Å². The Balaban J connectivity index is 2.29. The van der Waals surface area contributed by atoms with Crippen LogP contribution in [0.5, 0.6) is 0 Å². The van der Waals surface area contributed by atoms with Gasteiger partial charge in [-0.1, -0.05) is 33.8 Å². The smallest absolute Gasteiger partial charge is 0.241 e. The Morgan fingerprint density at radius 1 is 1.12 bits per heavy atom. The summed E-state index contributed by atoms with van der Waals surface area (Å²) in [6.45, 7) is 21.5. The van der Waals surface area contributed by atoms with Crippen LogP contribution in [-0.4, -0.2) is 46.1 Å². The molecule has 0 aromatic heterocycles. The monoisotopic (exact) mass is 510 g/mol. The van der Waals surface area contributed by atoms with Crippen molar-refractivity contribution in [2.45, 2.75) is 103 Å². The van der Waals surface area contributed by atoms with Gasteiger partial charge in [0.15, 0.2) is 14.1 Å². The van der Waals surface area contributed by atoms with Crippen LogP contribution in [0.4, 0.5) is 0 Å². The van der Waals surface area contributed by atoms with Crippen LogP contribution < -0.4 is 10.0 Å². The Morgan fingerprint density at radius 2 is 1.68 bits per heavy atom. The van der Waals surface area contributed by atoms with Crippen LogP contribution in [0.3, 0.4) is 0 Å². The molecule has 34 heavy (non-hydrogen) atoms. The van der Waals surface area contributed by atoms with Crippen LogP contribution in [0.25, 0.3) is 0 Å². The molecule has 0 aliphatic carbocycles. The molecule has 0 radical (unpaired) electrons. The van der Waals surface area contributed by atoms with E-state index in [4.69, 9.17) is 4.43 Å². The number of amides is 1.